The zero-order valence-corrected chi connectivity index (χ0v) is 24.7. The minimum absolute atomic E-state index is 0.0809. The van der Waals surface area contributed by atoms with Gasteiger partial charge in [-0.1, -0.05) is 60.7 Å². The van der Waals surface area contributed by atoms with Crippen molar-refractivity contribution in [3.63, 3.8) is 0 Å². The molecule has 5 aromatic rings. The van der Waals surface area contributed by atoms with E-state index in [2.05, 4.69) is 10.6 Å². The smallest absolute Gasteiger partial charge is 0.412 e. The number of nitrogens with two attached hydrogens (primary N) is 1. The predicted molar refractivity (Wildman–Crippen MR) is 176 cm³/mol. The summed E-state index contributed by atoms with van der Waals surface area (Å²) in [5.41, 5.74) is 8.01. The number of carbonyl (C=O) groups is 2. The van der Waals surface area contributed by atoms with Gasteiger partial charge < -0.3 is 25.6 Å². The molecule has 0 fully saturated rings. The minimum Gasteiger partial charge on any atom is -0.507 e. The summed E-state index contributed by atoms with van der Waals surface area (Å²) in [5, 5.41) is 17.4. The first-order valence-electron chi connectivity index (χ1n) is 13.8. The van der Waals surface area contributed by atoms with Crippen LogP contribution >= 0.6 is 11.8 Å². The summed E-state index contributed by atoms with van der Waals surface area (Å²) in [6.45, 7) is 0. The van der Waals surface area contributed by atoms with Gasteiger partial charge in [0.15, 0.2) is 12.2 Å². The predicted octanol–water partition coefficient (Wildman–Crippen LogP) is 7.78. The van der Waals surface area contributed by atoms with E-state index in [0.29, 0.717) is 39.1 Å². The quantitative estimate of drug-likeness (QED) is 0.0728. The molecule has 2 amide bonds. The second-order valence-electron chi connectivity index (χ2n) is 9.73. The Hall–Kier alpha value is -5.41. The molecule has 5 aromatic carbocycles. The minimum atomic E-state index is -1.04. The molecular weight excluding hydrogens is 574 g/mol. The number of nitrogen functional groups attached to an aromatic ring is 1. The van der Waals surface area contributed by atoms with Gasteiger partial charge in [0.05, 0.1) is 11.4 Å². The first-order chi connectivity index (χ1) is 21.4. The molecule has 0 saturated carbocycles. The van der Waals surface area contributed by atoms with Crippen LogP contribution in [0.4, 0.5) is 21.9 Å². The van der Waals surface area contributed by atoms with Crippen molar-refractivity contribution >= 4 is 51.6 Å². The molecule has 44 heavy (non-hydrogen) atoms. The number of thioether (sulfide) groups is 1. The van der Waals surface area contributed by atoms with E-state index in [1.165, 1.54) is 12.2 Å². The lowest BCUT2D eigenvalue weighted by molar-refractivity contribution is -0.112. The maximum Gasteiger partial charge on any atom is 0.412 e. The Morgan fingerprint density at radius 3 is 2.23 bits per heavy atom. The van der Waals surface area contributed by atoms with Crippen LogP contribution in [0, 0.1) is 0 Å². The second-order valence-corrected chi connectivity index (χ2v) is 10.6. The number of fused-ring (bicyclic) bond motifs is 1. The zero-order valence-electron chi connectivity index (χ0n) is 23.8. The number of rotatable bonds is 10. The molecule has 0 aliphatic heterocycles. The lowest BCUT2D eigenvalue weighted by Gasteiger charge is -2.27. The number of anilines is 3. The van der Waals surface area contributed by atoms with Crippen molar-refractivity contribution in [3.05, 3.63) is 133 Å². The van der Waals surface area contributed by atoms with Crippen LogP contribution in [0.2, 0.25) is 0 Å². The van der Waals surface area contributed by atoms with Crippen LogP contribution < -0.4 is 21.1 Å². The van der Waals surface area contributed by atoms with Crippen molar-refractivity contribution in [2.24, 2.45) is 0 Å². The molecule has 0 spiro atoms. The topological polar surface area (TPSA) is 123 Å². The maximum absolute atomic E-state index is 13.4. The van der Waals surface area contributed by atoms with Crippen molar-refractivity contribution in [1.82, 2.24) is 0 Å². The highest BCUT2D eigenvalue weighted by Gasteiger charge is 2.30. The molecular formula is C35H31N3O5S. The van der Waals surface area contributed by atoms with Gasteiger partial charge in [-0.3, -0.25) is 10.1 Å². The van der Waals surface area contributed by atoms with Crippen LogP contribution in [-0.2, 0) is 9.53 Å². The molecule has 9 heteroatoms. The Bertz CT molecular complexity index is 1780. The average Bonchev–Trinajstić information content (AvgIpc) is 3.04. The maximum atomic E-state index is 13.4. The summed E-state index contributed by atoms with van der Waals surface area (Å²) in [6, 6.07) is 33.8. The number of ether oxygens (including phenoxy) is 2. The van der Waals surface area contributed by atoms with E-state index in [1.54, 1.807) is 78.5 Å². The standard InChI is InChI=1S/C35H31N3O5S/c1-44-25-17-15-23(16-18-25)37-35(41)43-34(28-19-20-31(39)27-12-6-5-11-26(27)28)32(42-24-9-3-2-4-10-24)21-22-33(40)38-30-14-8-7-13-29(30)36/h2-22,32,34,39H,36H2,1H3,(H,37,41)(H,38,40)/b22-21+/t32-,34-/m0/s1. The summed E-state index contributed by atoms with van der Waals surface area (Å²) in [5.74, 6) is 0.133. The number of carbonyl (C=O) groups excluding carboxylic acids is 2. The second kappa shape index (κ2) is 14.2. The fraction of sp³-hybridized carbons (Fsp3) is 0.0857. The number of hydrogen-bond donors (Lipinski definition) is 4. The number of para-hydroxylation sites is 3. The normalized spacial score (nSPS) is 12.4. The fourth-order valence-corrected chi connectivity index (χ4v) is 5.03. The first-order valence-corrected chi connectivity index (χ1v) is 15.0. The number of amides is 2. The molecule has 2 atom stereocenters. The lowest BCUT2D eigenvalue weighted by atomic mass is 9.96. The Kier molecular flexibility index (Phi) is 9.68. The van der Waals surface area contributed by atoms with Crippen LogP contribution in [0.15, 0.2) is 132 Å². The molecule has 8 nitrogen and oxygen atoms in total. The van der Waals surface area contributed by atoms with Crippen LogP contribution in [0.3, 0.4) is 0 Å². The van der Waals surface area contributed by atoms with Crippen molar-refractivity contribution in [3.8, 4) is 11.5 Å². The molecule has 0 aliphatic rings. The van der Waals surface area contributed by atoms with E-state index in [9.17, 15) is 14.7 Å². The Morgan fingerprint density at radius 1 is 0.818 bits per heavy atom. The summed E-state index contributed by atoms with van der Waals surface area (Å²) >= 11 is 1.59. The largest absolute Gasteiger partial charge is 0.507 e. The van der Waals surface area contributed by atoms with E-state index in [4.69, 9.17) is 15.2 Å². The number of nitrogens with one attached hydrogen (secondary N) is 2. The number of hydrogen-bond acceptors (Lipinski definition) is 7. The molecule has 0 heterocycles. The third-order valence-electron chi connectivity index (χ3n) is 6.78. The van der Waals surface area contributed by atoms with E-state index in [1.807, 2.05) is 54.8 Å². The Balaban J connectivity index is 1.52. The molecule has 0 radical (unpaired) electrons. The third-order valence-corrected chi connectivity index (χ3v) is 7.52. The van der Waals surface area contributed by atoms with E-state index in [0.717, 1.165) is 4.90 Å². The van der Waals surface area contributed by atoms with Crippen LogP contribution in [0.25, 0.3) is 10.8 Å². The molecule has 0 aromatic heterocycles. The van der Waals surface area contributed by atoms with Gasteiger partial charge in [0.25, 0.3) is 0 Å². The average molecular weight is 606 g/mol. The molecule has 0 bridgehead atoms. The Morgan fingerprint density at radius 2 is 1.50 bits per heavy atom. The van der Waals surface area contributed by atoms with Gasteiger partial charge in [0.2, 0.25) is 5.91 Å². The Labute approximate surface area is 259 Å². The molecule has 0 saturated heterocycles. The van der Waals surface area contributed by atoms with Gasteiger partial charge >= 0.3 is 6.09 Å². The molecule has 0 unspecified atom stereocenters. The summed E-state index contributed by atoms with van der Waals surface area (Å²) in [4.78, 5) is 27.4. The van der Waals surface area contributed by atoms with Gasteiger partial charge in [-0.2, -0.15) is 0 Å². The van der Waals surface area contributed by atoms with E-state index in [-0.39, 0.29) is 5.75 Å². The first kappa shape index (κ1) is 30.1. The van der Waals surface area contributed by atoms with Gasteiger partial charge in [0.1, 0.15) is 11.5 Å². The number of phenols is 1. The van der Waals surface area contributed by atoms with E-state index < -0.39 is 24.2 Å². The van der Waals surface area contributed by atoms with Crippen molar-refractivity contribution in [2.45, 2.75) is 17.1 Å². The molecule has 5 rings (SSSR count). The van der Waals surface area contributed by atoms with Gasteiger partial charge in [-0.05, 0) is 72.3 Å². The summed E-state index contributed by atoms with van der Waals surface area (Å²) < 4.78 is 12.4. The van der Waals surface area contributed by atoms with Crippen molar-refractivity contribution in [2.75, 3.05) is 22.6 Å². The highest BCUT2D eigenvalue weighted by molar-refractivity contribution is 7.98. The van der Waals surface area contributed by atoms with E-state index >= 15 is 0 Å². The zero-order chi connectivity index (χ0) is 30.9. The summed E-state index contributed by atoms with van der Waals surface area (Å²) in [6.07, 6.45) is 2.09. The molecule has 222 valence electrons. The van der Waals surface area contributed by atoms with Gasteiger partial charge in [0, 0.05) is 27.6 Å². The third kappa shape index (κ3) is 7.50. The highest BCUT2D eigenvalue weighted by atomic mass is 32.2. The van der Waals surface area contributed by atoms with Crippen LogP contribution in [0.1, 0.15) is 11.7 Å². The highest BCUT2D eigenvalue weighted by Crippen LogP contribution is 2.36. The van der Waals surface area contributed by atoms with Crippen molar-refractivity contribution < 1.29 is 24.2 Å². The molecule has 0 aliphatic carbocycles. The van der Waals surface area contributed by atoms with Crippen molar-refractivity contribution in [1.29, 1.82) is 0 Å². The number of phenolic OH excluding ortho intramolecular Hbond substituents is 1. The fourth-order valence-electron chi connectivity index (χ4n) is 4.62. The SMILES string of the molecule is CSc1ccc(NC(=O)O[C@@H](c2ccc(O)c3ccccc23)[C@H](/C=C/C(=O)Nc2ccccc2N)Oc2ccccc2)cc1. The number of aromatic hydroxyl groups is 1. The molecule has 5 N–H and O–H groups in total. The summed E-state index contributed by atoms with van der Waals surface area (Å²) in [7, 11) is 0. The lowest BCUT2D eigenvalue weighted by Crippen LogP contribution is -2.30. The van der Waals surface area contributed by atoms with Crippen LogP contribution in [-0.4, -0.2) is 29.5 Å². The van der Waals surface area contributed by atoms with Gasteiger partial charge in [-0.25, -0.2) is 4.79 Å². The monoisotopic (exact) mass is 605 g/mol. The van der Waals surface area contributed by atoms with Crippen LogP contribution in [0.5, 0.6) is 11.5 Å². The number of benzene rings is 5. The van der Waals surface area contributed by atoms with Gasteiger partial charge in [-0.15, -0.1) is 11.8 Å².